The van der Waals surface area contributed by atoms with E-state index in [1.807, 2.05) is 22.9 Å². The van der Waals surface area contributed by atoms with Crippen molar-refractivity contribution in [1.29, 1.82) is 0 Å². The van der Waals surface area contributed by atoms with E-state index in [1.165, 1.54) is 34.5 Å². The van der Waals surface area contributed by atoms with E-state index >= 15 is 0 Å². The number of rotatable bonds is 4. The molecule has 0 spiro atoms. The standard InChI is InChI=1S/C13H9F3N4OS.C5H7NS/c14-13(15,16)11-10(19-9-4-1-5-18-20(9)11)12(21)17-7-8-3-2-6-22-8;6-4-5-2-1-3-7-5/h1-6H,7H2,(H,17,21);1-3H,4,6H2. The second-order valence-corrected chi connectivity index (χ2v) is 7.71. The number of halogens is 3. The Kier molecular flexibility index (Phi) is 6.62. The zero-order valence-corrected chi connectivity index (χ0v) is 16.5. The molecular weight excluding hydrogens is 423 g/mol. The average Bonchev–Trinajstić information content (AvgIpc) is 3.46. The molecule has 0 fully saturated rings. The molecule has 4 aromatic rings. The zero-order chi connectivity index (χ0) is 20.9. The molecule has 0 bridgehead atoms. The molecule has 0 unspecified atom stereocenters. The van der Waals surface area contributed by atoms with Crippen molar-refractivity contribution < 1.29 is 18.0 Å². The highest BCUT2D eigenvalue weighted by Gasteiger charge is 2.41. The minimum atomic E-state index is -4.73. The maximum atomic E-state index is 13.2. The lowest BCUT2D eigenvalue weighted by Gasteiger charge is -2.08. The third kappa shape index (κ3) is 5.19. The molecule has 4 heterocycles. The van der Waals surface area contributed by atoms with E-state index in [2.05, 4.69) is 15.4 Å². The highest BCUT2D eigenvalue weighted by Crippen LogP contribution is 2.32. The Bertz CT molecular complexity index is 1060. The predicted octanol–water partition coefficient (Wildman–Crippen LogP) is 3.95. The lowest BCUT2D eigenvalue weighted by molar-refractivity contribution is -0.142. The van der Waals surface area contributed by atoms with E-state index in [9.17, 15) is 18.0 Å². The van der Waals surface area contributed by atoms with Gasteiger partial charge in [-0.15, -0.1) is 22.7 Å². The van der Waals surface area contributed by atoms with Crippen LogP contribution in [0.3, 0.4) is 0 Å². The summed E-state index contributed by atoms with van der Waals surface area (Å²) in [4.78, 5) is 17.9. The van der Waals surface area contributed by atoms with Gasteiger partial charge in [0.05, 0.1) is 6.54 Å². The number of fused-ring (bicyclic) bond motifs is 1. The van der Waals surface area contributed by atoms with E-state index < -0.39 is 23.5 Å². The maximum absolute atomic E-state index is 13.2. The highest BCUT2D eigenvalue weighted by molar-refractivity contribution is 7.10. The minimum absolute atomic E-state index is 0.0314. The van der Waals surface area contributed by atoms with Crippen LogP contribution in [-0.4, -0.2) is 20.5 Å². The summed E-state index contributed by atoms with van der Waals surface area (Å²) in [5.74, 6) is -0.883. The monoisotopic (exact) mass is 439 g/mol. The molecule has 6 nitrogen and oxygen atoms in total. The van der Waals surface area contributed by atoms with Crippen LogP contribution in [0.15, 0.2) is 53.4 Å². The highest BCUT2D eigenvalue weighted by atomic mass is 32.1. The molecular formula is C18H16F3N5OS2. The van der Waals surface area contributed by atoms with Gasteiger partial charge in [-0.3, -0.25) is 4.79 Å². The van der Waals surface area contributed by atoms with Gasteiger partial charge >= 0.3 is 6.18 Å². The van der Waals surface area contributed by atoms with Gasteiger partial charge in [0.2, 0.25) is 0 Å². The van der Waals surface area contributed by atoms with Crippen LogP contribution in [0.25, 0.3) is 5.65 Å². The van der Waals surface area contributed by atoms with E-state index in [1.54, 1.807) is 23.5 Å². The van der Waals surface area contributed by atoms with Crippen molar-refractivity contribution in [3.05, 3.63) is 74.5 Å². The smallest absolute Gasteiger partial charge is 0.346 e. The van der Waals surface area contributed by atoms with E-state index in [4.69, 9.17) is 5.73 Å². The molecule has 152 valence electrons. The van der Waals surface area contributed by atoms with Gasteiger partial charge in [-0.25, -0.2) is 9.50 Å². The Morgan fingerprint density at radius 3 is 2.34 bits per heavy atom. The molecule has 4 aromatic heterocycles. The number of nitrogens with zero attached hydrogens (tertiary/aromatic N) is 3. The van der Waals surface area contributed by atoms with Crippen LogP contribution in [0.5, 0.6) is 0 Å². The minimum Gasteiger partial charge on any atom is -0.346 e. The first-order chi connectivity index (χ1) is 13.9. The summed E-state index contributed by atoms with van der Waals surface area (Å²) in [7, 11) is 0. The van der Waals surface area contributed by atoms with Crippen molar-refractivity contribution in [1.82, 2.24) is 19.9 Å². The van der Waals surface area contributed by atoms with Gasteiger partial charge in [0.25, 0.3) is 5.91 Å². The number of aromatic nitrogens is 3. The van der Waals surface area contributed by atoms with Gasteiger partial charge in [-0.1, -0.05) is 12.1 Å². The van der Waals surface area contributed by atoms with Crippen molar-refractivity contribution in [3.63, 3.8) is 0 Å². The Morgan fingerprint density at radius 2 is 1.79 bits per heavy atom. The second kappa shape index (κ2) is 9.16. The van der Waals surface area contributed by atoms with Crippen LogP contribution >= 0.6 is 22.7 Å². The van der Waals surface area contributed by atoms with Gasteiger partial charge in [-0.05, 0) is 35.0 Å². The molecule has 0 radical (unpaired) electrons. The van der Waals surface area contributed by atoms with Crippen LogP contribution in [-0.2, 0) is 19.3 Å². The van der Waals surface area contributed by atoms with Crippen molar-refractivity contribution in [3.8, 4) is 0 Å². The summed E-state index contributed by atoms with van der Waals surface area (Å²) in [5.41, 5.74) is 3.42. The first-order valence-corrected chi connectivity index (χ1v) is 10.1. The molecule has 0 saturated heterocycles. The molecule has 3 N–H and O–H groups in total. The summed E-state index contributed by atoms with van der Waals surface area (Å²) in [6.07, 6.45) is -3.53. The molecule has 0 saturated carbocycles. The summed E-state index contributed by atoms with van der Waals surface area (Å²) < 4.78 is 40.2. The third-order valence-electron chi connectivity index (χ3n) is 3.66. The van der Waals surface area contributed by atoms with Crippen molar-refractivity contribution in [2.24, 2.45) is 5.73 Å². The molecule has 0 aliphatic heterocycles. The Morgan fingerprint density at radius 1 is 1.10 bits per heavy atom. The summed E-state index contributed by atoms with van der Waals surface area (Å²) in [5, 5.41) is 9.91. The van der Waals surface area contributed by atoms with Crippen molar-refractivity contribution in [2.75, 3.05) is 0 Å². The largest absolute Gasteiger partial charge is 0.435 e. The molecule has 0 atom stereocenters. The molecule has 0 aliphatic rings. The van der Waals surface area contributed by atoms with E-state index in [0.29, 0.717) is 11.1 Å². The Labute approximate surface area is 171 Å². The van der Waals surface area contributed by atoms with E-state index in [-0.39, 0.29) is 12.2 Å². The van der Waals surface area contributed by atoms with Gasteiger partial charge in [-0.2, -0.15) is 18.3 Å². The lowest BCUT2D eigenvalue weighted by Crippen LogP contribution is -2.26. The van der Waals surface area contributed by atoms with Crippen LogP contribution in [0, 0.1) is 0 Å². The number of carbonyl (C=O) groups is 1. The number of alkyl halides is 3. The normalized spacial score (nSPS) is 11.2. The van der Waals surface area contributed by atoms with E-state index in [0.717, 1.165) is 4.88 Å². The van der Waals surface area contributed by atoms with Gasteiger partial charge in [0, 0.05) is 22.5 Å². The maximum Gasteiger partial charge on any atom is 0.435 e. The van der Waals surface area contributed by atoms with Crippen LogP contribution in [0.2, 0.25) is 0 Å². The first-order valence-electron chi connectivity index (χ1n) is 8.34. The number of amides is 1. The molecule has 11 heteroatoms. The van der Waals surface area contributed by atoms with Gasteiger partial charge in [0.15, 0.2) is 17.0 Å². The van der Waals surface area contributed by atoms with Crippen molar-refractivity contribution >= 4 is 34.2 Å². The molecule has 4 rings (SSSR count). The van der Waals surface area contributed by atoms with Crippen molar-refractivity contribution in [2.45, 2.75) is 19.3 Å². The number of thiophene rings is 2. The lowest BCUT2D eigenvalue weighted by atomic mass is 10.3. The predicted molar refractivity (Wildman–Crippen MR) is 106 cm³/mol. The molecule has 0 aliphatic carbocycles. The average molecular weight is 439 g/mol. The SMILES string of the molecule is NCc1cccs1.O=C(NCc1cccs1)c1nc2cccnn2c1C(F)(F)F. The summed E-state index contributed by atoms with van der Waals surface area (Å²) in [6.45, 7) is 0.826. The second-order valence-electron chi connectivity index (χ2n) is 5.65. The van der Waals surface area contributed by atoms with Crippen LogP contribution in [0.4, 0.5) is 13.2 Å². The quantitative estimate of drug-likeness (QED) is 0.504. The molecule has 0 aromatic carbocycles. The number of imidazole rings is 1. The topological polar surface area (TPSA) is 85.3 Å². The van der Waals surface area contributed by atoms with Gasteiger partial charge < -0.3 is 11.1 Å². The number of nitrogens with one attached hydrogen (secondary N) is 1. The fraction of sp³-hybridized carbons (Fsp3) is 0.167. The Hall–Kier alpha value is -2.76. The van der Waals surface area contributed by atoms with Gasteiger partial charge in [0.1, 0.15) is 0 Å². The zero-order valence-electron chi connectivity index (χ0n) is 14.9. The third-order valence-corrected chi connectivity index (χ3v) is 5.44. The number of hydrogen-bond acceptors (Lipinski definition) is 6. The fourth-order valence-corrected chi connectivity index (χ4v) is 3.62. The number of nitrogens with two attached hydrogens (primary N) is 1. The summed E-state index contributed by atoms with van der Waals surface area (Å²) in [6, 6.07) is 10.4. The summed E-state index contributed by atoms with van der Waals surface area (Å²) >= 11 is 3.10. The Balaban J connectivity index is 0.000000290. The molecule has 29 heavy (non-hydrogen) atoms. The fourth-order valence-electron chi connectivity index (χ4n) is 2.39. The number of hydrogen-bond donors (Lipinski definition) is 2. The van der Waals surface area contributed by atoms with Crippen LogP contribution < -0.4 is 11.1 Å². The first kappa shape index (κ1) is 21.0. The van der Waals surface area contributed by atoms with Crippen LogP contribution in [0.1, 0.15) is 25.9 Å². The molecule has 1 amide bonds. The number of carbonyl (C=O) groups excluding carboxylic acids is 1.